The van der Waals surface area contributed by atoms with Gasteiger partial charge in [0.25, 0.3) is 0 Å². The van der Waals surface area contributed by atoms with Gasteiger partial charge < -0.3 is 29.6 Å². The third-order valence-electron chi connectivity index (χ3n) is 4.44. The largest absolute Gasteiger partial charge is 0.381 e. The van der Waals surface area contributed by atoms with Crippen molar-refractivity contribution in [1.29, 1.82) is 0 Å². The van der Waals surface area contributed by atoms with E-state index in [0.29, 0.717) is 12.2 Å². The van der Waals surface area contributed by atoms with Gasteiger partial charge in [-0.05, 0) is 38.5 Å². The predicted octanol–water partition coefficient (Wildman–Crippen LogP) is 1.32. The van der Waals surface area contributed by atoms with Gasteiger partial charge in [0.05, 0.1) is 18.8 Å². The Morgan fingerprint density at radius 2 is 1.80 bits per heavy atom. The monoisotopic (exact) mass is 357 g/mol. The zero-order valence-electron chi connectivity index (χ0n) is 15.6. The lowest BCUT2D eigenvalue weighted by atomic mass is 10.1. The molecule has 0 aromatic heterocycles. The summed E-state index contributed by atoms with van der Waals surface area (Å²) >= 11 is 0. The highest BCUT2D eigenvalue weighted by molar-refractivity contribution is 5.79. The number of ether oxygens (including phenoxy) is 4. The van der Waals surface area contributed by atoms with E-state index in [4.69, 9.17) is 18.9 Å². The average Bonchev–Trinajstić information content (AvgIpc) is 3.17. The zero-order valence-corrected chi connectivity index (χ0v) is 15.6. The first kappa shape index (κ1) is 20.4. The number of guanidine groups is 1. The van der Waals surface area contributed by atoms with Crippen molar-refractivity contribution in [1.82, 2.24) is 10.6 Å². The van der Waals surface area contributed by atoms with E-state index < -0.39 is 0 Å². The van der Waals surface area contributed by atoms with Gasteiger partial charge in [-0.3, -0.25) is 4.99 Å². The SMILES string of the molecule is CN=C(NCCCOCC1CCCO1)NCCCOC1CCOCC1. The molecule has 2 rings (SSSR count). The maximum atomic E-state index is 5.86. The molecule has 2 aliphatic heterocycles. The lowest BCUT2D eigenvalue weighted by Gasteiger charge is -2.22. The fraction of sp³-hybridized carbons (Fsp3) is 0.944. The molecule has 0 aromatic carbocycles. The van der Waals surface area contributed by atoms with E-state index in [1.165, 1.54) is 0 Å². The predicted molar refractivity (Wildman–Crippen MR) is 98.2 cm³/mol. The maximum Gasteiger partial charge on any atom is 0.190 e. The molecule has 2 fully saturated rings. The van der Waals surface area contributed by atoms with Crippen LogP contribution >= 0.6 is 0 Å². The number of hydrogen-bond acceptors (Lipinski definition) is 5. The highest BCUT2D eigenvalue weighted by Gasteiger charge is 2.15. The van der Waals surface area contributed by atoms with Crippen molar-refractivity contribution in [3.63, 3.8) is 0 Å². The highest BCUT2D eigenvalue weighted by Crippen LogP contribution is 2.12. The van der Waals surface area contributed by atoms with Gasteiger partial charge in [0.2, 0.25) is 0 Å². The molecule has 1 atom stereocenters. The summed E-state index contributed by atoms with van der Waals surface area (Å²) in [5, 5.41) is 6.62. The minimum atomic E-state index is 0.311. The number of nitrogens with zero attached hydrogens (tertiary/aromatic N) is 1. The van der Waals surface area contributed by atoms with E-state index in [9.17, 15) is 0 Å². The van der Waals surface area contributed by atoms with Gasteiger partial charge in [-0.1, -0.05) is 0 Å². The zero-order chi connectivity index (χ0) is 17.6. The summed E-state index contributed by atoms with van der Waals surface area (Å²) in [6.07, 6.45) is 6.96. The Morgan fingerprint density at radius 1 is 1.04 bits per heavy atom. The topological polar surface area (TPSA) is 73.3 Å². The molecule has 0 amide bonds. The molecular weight excluding hydrogens is 322 g/mol. The van der Waals surface area contributed by atoms with E-state index >= 15 is 0 Å². The van der Waals surface area contributed by atoms with Crippen molar-refractivity contribution >= 4 is 5.96 Å². The van der Waals surface area contributed by atoms with Gasteiger partial charge in [0.1, 0.15) is 0 Å². The van der Waals surface area contributed by atoms with Crippen molar-refractivity contribution in [3.8, 4) is 0 Å². The highest BCUT2D eigenvalue weighted by atomic mass is 16.5. The average molecular weight is 357 g/mol. The Labute approximate surface area is 151 Å². The number of rotatable bonds is 11. The first-order valence-electron chi connectivity index (χ1n) is 9.71. The summed E-state index contributed by atoms with van der Waals surface area (Å²) in [6, 6.07) is 0. The van der Waals surface area contributed by atoms with Gasteiger partial charge in [-0.2, -0.15) is 0 Å². The van der Waals surface area contributed by atoms with E-state index in [1.807, 2.05) is 0 Å². The number of aliphatic imine (C=N–C) groups is 1. The van der Waals surface area contributed by atoms with Crippen molar-refractivity contribution in [2.45, 2.75) is 50.7 Å². The molecule has 2 saturated heterocycles. The third-order valence-corrected chi connectivity index (χ3v) is 4.44. The molecule has 2 aliphatic rings. The summed E-state index contributed by atoms with van der Waals surface area (Å²) in [7, 11) is 1.79. The fourth-order valence-electron chi connectivity index (χ4n) is 2.96. The Kier molecular flexibility index (Phi) is 10.9. The summed E-state index contributed by atoms with van der Waals surface area (Å²) in [6.45, 7) is 6.52. The summed E-state index contributed by atoms with van der Waals surface area (Å²) in [5.41, 5.74) is 0. The van der Waals surface area contributed by atoms with Crippen LogP contribution in [-0.2, 0) is 18.9 Å². The Hall–Kier alpha value is -0.890. The molecule has 0 saturated carbocycles. The molecule has 7 heteroatoms. The molecule has 1 unspecified atom stereocenters. The Morgan fingerprint density at radius 3 is 2.48 bits per heavy atom. The molecule has 0 radical (unpaired) electrons. The van der Waals surface area contributed by atoms with E-state index in [2.05, 4.69) is 15.6 Å². The molecule has 7 nitrogen and oxygen atoms in total. The molecule has 2 N–H and O–H groups in total. The van der Waals surface area contributed by atoms with Crippen molar-refractivity contribution in [2.75, 3.05) is 59.8 Å². The van der Waals surface area contributed by atoms with Gasteiger partial charge in [0.15, 0.2) is 5.96 Å². The van der Waals surface area contributed by atoms with Crippen molar-refractivity contribution in [3.05, 3.63) is 0 Å². The molecule has 2 heterocycles. The number of nitrogens with one attached hydrogen (secondary N) is 2. The van der Waals surface area contributed by atoms with Crippen LogP contribution in [0.15, 0.2) is 4.99 Å². The van der Waals surface area contributed by atoms with Crippen LogP contribution in [0.2, 0.25) is 0 Å². The quantitative estimate of drug-likeness (QED) is 0.330. The van der Waals surface area contributed by atoms with Crippen LogP contribution in [0.3, 0.4) is 0 Å². The summed E-state index contributed by atoms with van der Waals surface area (Å²) in [5.74, 6) is 0.838. The van der Waals surface area contributed by atoms with Crippen LogP contribution in [0.25, 0.3) is 0 Å². The summed E-state index contributed by atoms with van der Waals surface area (Å²) in [4.78, 5) is 4.23. The van der Waals surface area contributed by atoms with E-state index in [1.54, 1.807) is 7.05 Å². The molecule has 0 spiro atoms. The van der Waals surface area contributed by atoms with Crippen LogP contribution in [0.1, 0.15) is 38.5 Å². The van der Waals surface area contributed by atoms with Crippen LogP contribution < -0.4 is 10.6 Å². The second-order valence-electron chi connectivity index (χ2n) is 6.53. The lowest BCUT2D eigenvalue weighted by Crippen LogP contribution is -2.39. The van der Waals surface area contributed by atoms with Crippen LogP contribution in [0, 0.1) is 0 Å². The molecular formula is C18H35N3O4. The lowest BCUT2D eigenvalue weighted by molar-refractivity contribution is -0.0320. The molecule has 0 aliphatic carbocycles. The smallest absolute Gasteiger partial charge is 0.190 e. The Balaban J connectivity index is 1.38. The van der Waals surface area contributed by atoms with Crippen LogP contribution in [-0.4, -0.2) is 77.9 Å². The normalized spacial score (nSPS) is 22.3. The molecule has 146 valence electrons. The minimum Gasteiger partial charge on any atom is -0.381 e. The maximum absolute atomic E-state index is 5.86. The fourth-order valence-corrected chi connectivity index (χ4v) is 2.96. The number of hydrogen-bond donors (Lipinski definition) is 2. The minimum absolute atomic E-state index is 0.311. The van der Waals surface area contributed by atoms with Gasteiger partial charge in [-0.25, -0.2) is 0 Å². The first-order valence-corrected chi connectivity index (χ1v) is 9.71. The van der Waals surface area contributed by atoms with Gasteiger partial charge >= 0.3 is 0 Å². The molecule has 0 bridgehead atoms. The van der Waals surface area contributed by atoms with Crippen molar-refractivity contribution < 1.29 is 18.9 Å². The van der Waals surface area contributed by atoms with E-state index in [0.717, 1.165) is 97.2 Å². The van der Waals surface area contributed by atoms with E-state index in [-0.39, 0.29) is 0 Å². The second kappa shape index (κ2) is 13.3. The van der Waals surface area contributed by atoms with Crippen LogP contribution in [0.5, 0.6) is 0 Å². The van der Waals surface area contributed by atoms with Crippen LogP contribution in [0.4, 0.5) is 0 Å². The molecule has 0 aromatic rings. The van der Waals surface area contributed by atoms with Gasteiger partial charge in [-0.15, -0.1) is 0 Å². The van der Waals surface area contributed by atoms with Crippen molar-refractivity contribution in [2.24, 2.45) is 4.99 Å². The third kappa shape index (κ3) is 9.39. The second-order valence-corrected chi connectivity index (χ2v) is 6.53. The van der Waals surface area contributed by atoms with Gasteiger partial charge in [0, 0.05) is 53.2 Å². The summed E-state index contributed by atoms with van der Waals surface area (Å²) < 4.78 is 22.4. The molecule has 25 heavy (non-hydrogen) atoms. The first-order chi connectivity index (χ1) is 12.4. The Bertz CT molecular complexity index is 356. The standard InChI is InChI=1S/C18H35N3O4/c1-19-18(20-8-3-10-23-15-17-5-2-11-25-17)21-9-4-12-24-16-6-13-22-14-7-16/h16-17H,2-15H2,1H3,(H2,19,20,21).